The van der Waals surface area contributed by atoms with Gasteiger partial charge in [0.25, 0.3) is 0 Å². The van der Waals surface area contributed by atoms with Gasteiger partial charge >= 0.3 is 0 Å². The molecule has 1 rings (SSSR count). The first-order valence-corrected chi connectivity index (χ1v) is 5.65. The lowest BCUT2D eigenvalue weighted by molar-refractivity contribution is -0.118. The zero-order valence-corrected chi connectivity index (χ0v) is 10.5. The van der Waals surface area contributed by atoms with Crippen LogP contribution in [-0.4, -0.2) is 12.5 Å². The van der Waals surface area contributed by atoms with Crippen molar-refractivity contribution in [3.63, 3.8) is 0 Å². The van der Waals surface area contributed by atoms with E-state index in [1.54, 1.807) is 0 Å². The molecule has 0 atom stereocenters. The van der Waals surface area contributed by atoms with Crippen molar-refractivity contribution in [1.82, 2.24) is 0 Å². The van der Waals surface area contributed by atoms with Gasteiger partial charge in [-0.1, -0.05) is 31.8 Å². The quantitative estimate of drug-likeness (QED) is 0.762. The number of anilines is 1. The van der Waals surface area contributed by atoms with E-state index in [2.05, 4.69) is 17.2 Å². The lowest BCUT2D eigenvalue weighted by Crippen LogP contribution is -2.17. The fourth-order valence-corrected chi connectivity index (χ4v) is 1.27. The Morgan fingerprint density at radius 2 is 2.18 bits per heavy atom. The molecule has 3 N–H and O–H groups in total. The zero-order chi connectivity index (χ0) is 12.8. The van der Waals surface area contributed by atoms with Crippen molar-refractivity contribution in [2.45, 2.75) is 20.8 Å². The van der Waals surface area contributed by atoms with Crippen LogP contribution >= 0.6 is 0 Å². The molecule has 3 heteroatoms. The highest BCUT2D eigenvalue weighted by Crippen LogP contribution is 2.15. The van der Waals surface area contributed by atoms with Gasteiger partial charge in [-0.3, -0.25) is 4.79 Å². The monoisotopic (exact) mass is 230 g/mol. The van der Waals surface area contributed by atoms with E-state index < -0.39 is 0 Å². The standard InChI is InChI=1S/C14H18N2O/c1-10(2)14(17)16-13-7-6-11(3)12(9-13)5-4-8-15/h6-7,9-10H,8,15H2,1-3H3,(H,16,17). The topological polar surface area (TPSA) is 55.1 Å². The molecule has 0 bridgehead atoms. The van der Waals surface area contributed by atoms with Crippen molar-refractivity contribution in [3.05, 3.63) is 29.3 Å². The molecule has 0 spiro atoms. The first-order chi connectivity index (χ1) is 8.04. The van der Waals surface area contributed by atoms with Crippen molar-refractivity contribution < 1.29 is 4.79 Å². The van der Waals surface area contributed by atoms with Gasteiger partial charge in [0.05, 0.1) is 6.54 Å². The van der Waals surface area contributed by atoms with E-state index in [4.69, 9.17) is 5.73 Å². The summed E-state index contributed by atoms with van der Waals surface area (Å²) < 4.78 is 0. The SMILES string of the molecule is Cc1ccc(NC(=O)C(C)C)cc1C#CCN. The van der Waals surface area contributed by atoms with Crippen LogP contribution in [0.3, 0.4) is 0 Å². The van der Waals surface area contributed by atoms with Gasteiger partial charge < -0.3 is 11.1 Å². The minimum absolute atomic E-state index is 0.00610. The van der Waals surface area contributed by atoms with Crippen LogP contribution in [0.25, 0.3) is 0 Å². The lowest BCUT2D eigenvalue weighted by Gasteiger charge is -2.09. The van der Waals surface area contributed by atoms with Gasteiger partial charge in [-0.15, -0.1) is 0 Å². The van der Waals surface area contributed by atoms with E-state index in [1.807, 2.05) is 39.0 Å². The Hall–Kier alpha value is -1.79. The maximum atomic E-state index is 11.6. The highest BCUT2D eigenvalue weighted by Gasteiger charge is 2.07. The fourth-order valence-electron chi connectivity index (χ4n) is 1.27. The Kier molecular flexibility index (Phi) is 4.74. The molecule has 1 aromatic carbocycles. The summed E-state index contributed by atoms with van der Waals surface area (Å²) in [6.07, 6.45) is 0. The summed E-state index contributed by atoms with van der Waals surface area (Å²) in [5.74, 6) is 5.78. The summed E-state index contributed by atoms with van der Waals surface area (Å²) >= 11 is 0. The molecule has 0 unspecified atom stereocenters. The van der Waals surface area contributed by atoms with Gasteiger partial charge in [0.2, 0.25) is 5.91 Å². The second-order valence-electron chi connectivity index (χ2n) is 4.18. The Labute approximate surface area is 102 Å². The number of amides is 1. The third kappa shape index (κ3) is 3.93. The molecule has 0 heterocycles. The number of carbonyl (C=O) groups is 1. The van der Waals surface area contributed by atoms with Crippen molar-refractivity contribution in [3.8, 4) is 11.8 Å². The second kappa shape index (κ2) is 6.07. The Balaban J connectivity index is 2.92. The fraction of sp³-hybridized carbons (Fsp3) is 0.357. The minimum Gasteiger partial charge on any atom is -0.326 e. The van der Waals surface area contributed by atoms with Crippen LogP contribution in [0.2, 0.25) is 0 Å². The number of rotatable bonds is 2. The summed E-state index contributed by atoms with van der Waals surface area (Å²) in [6.45, 7) is 6.04. The van der Waals surface area contributed by atoms with E-state index in [9.17, 15) is 4.79 Å². The first kappa shape index (κ1) is 13.3. The van der Waals surface area contributed by atoms with Crippen LogP contribution in [0.5, 0.6) is 0 Å². The third-order valence-corrected chi connectivity index (χ3v) is 2.35. The molecule has 17 heavy (non-hydrogen) atoms. The molecule has 3 nitrogen and oxygen atoms in total. The molecule has 0 radical (unpaired) electrons. The summed E-state index contributed by atoms with van der Waals surface area (Å²) in [5, 5.41) is 2.85. The molecular formula is C14H18N2O. The number of hydrogen-bond acceptors (Lipinski definition) is 2. The van der Waals surface area contributed by atoms with Gasteiger partial charge in [0, 0.05) is 17.2 Å². The smallest absolute Gasteiger partial charge is 0.226 e. The van der Waals surface area contributed by atoms with Crippen LogP contribution in [0.15, 0.2) is 18.2 Å². The average Bonchev–Trinajstić information content (AvgIpc) is 2.29. The average molecular weight is 230 g/mol. The van der Waals surface area contributed by atoms with E-state index in [1.165, 1.54) is 0 Å². The number of benzene rings is 1. The maximum absolute atomic E-state index is 11.6. The summed E-state index contributed by atoms with van der Waals surface area (Å²) in [6, 6.07) is 5.69. The predicted octanol–water partition coefficient (Wildman–Crippen LogP) is 1.90. The van der Waals surface area contributed by atoms with E-state index >= 15 is 0 Å². The molecule has 90 valence electrons. The lowest BCUT2D eigenvalue weighted by atomic mass is 10.1. The molecule has 0 aliphatic rings. The van der Waals surface area contributed by atoms with Crippen LogP contribution < -0.4 is 11.1 Å². The number of hydrogen-bond donors (Lipinski definition) is 2. The number of nitrogens with one attached hydrogen (secondary N) is 1. The molecule has 0 fully saturated rings. The highest BCUT2D eigenvalue weighted by atomic mass is 16.1. The van der Waals surface area contributed by atoms with E-state index in [0.717, 1.165) is 16.8 Å². The van der Waals surface area contributed by atoms with Crippen molar-refractivity contribution >= 4 is 11.6 Å². The summed E-state index contributed by atoms with van der Waals surface area (Å²) in [5.41, 5.74) is 8.09. The molecule has 0 aromatic heterocycles. The molecule has 0 aliphatic carbocycles. The van der Waals surface area contributed by atoms with Gasteiger partial charge in [0.15, 0.2) is 0 Å². The molecule has 1 amide bonds. The molecule has 0 saturated heterocycles. The van der Waals surface area contributed by atoms with Crippen molar-refractivity contribution in [2.75, 3.05) is 11.9 Å². The van der Waals surface area contributed by atoms with Gasteiger partial charge in [0.1, 0.15) is 0 Å². The molecular weight excluding hydrogens is 212 g/mol. The predicted molar refractivity (Wildman–Crippen MR) is 70.6 cm³/mol. The Morgan fingerprint density at radius 3 is 2.76 bits per heavy atom. The van der Waals surface area contributed by atoms with E-state index in [-0.39, 0.29) is 11.8 Å². The van der Waals surface area contributed by atoms with Crippen LogP contribution in [0.4, 0.5) is 5.69 Å². The van der Waals surface area contributed by atoms with Crippen LogP contribution in [0.1, 0.15) is 25.0 Å². The third-order valence-electron chi connectivity index (χ3n) is 2.35. The largest absolute Gasteiger partial charge is 0.326 e. The van der Waals surface area contributed by atoms with Crippen LogP contribution in [-0.2, 0) is 4.79 Å². The normalized spacial score (nSPS) is 9.71. The van der Waals surface area contributed by atoms with Gasteiger partial charge in [-0.25, -0.2) is 0 Å². The molecule has 0 aliphatic heterocycles. The number of carbonyl (C=O) groups excluding carboxylic acids is 1. The zero-order valence-electron chi connectivity index (χ0n) is 10.5. The van der Waals surface area contributed by atoms with Gasteiger partial charge in [-0.05, 0) is 24.6 Å². The summed E-state index contributed by atoms with van der Waals surface area (Å²) in [7, 11) is 0. The Morgan fingerprint density at radius 1 is 1.47 bits per heavy atom. The maximum Gasteiger partial charge on any atom is 0.226 e. The first-order valence-electron chi connectivity index (χ1n) is 5.65. The number of aryl methyl sites for hydroxylation is 1. The summed E-state index contributed by atoms with van der Waals surface area (Å²) in [4.78, 5) is 11.6. The minimum atomic E-state index is -0.0325. The van der Waals surface area contributed by atoms with Gasteiger partial charge in [-0.2, -0.15) is 0 Å². The van der Waals surface area contributed by atoms with E-state index in [0.29, 0.717) is 6.54 Å². The molecule has 1 aromatic rings. The second-order valence-corrected chi connectivity index (χ2v) is 4.18. The van der Waals surface area contributed by atoms with Crippen molar-refractivity contribution in [2.24, 2.45) is 11.7 Å². The van der Waals surface area contributed by atoms with Crippen LogP contribution in [0, 0.1) is 24.7 Å². The molecule has 0 saturated carbocycles. The number of nitrogens with two attached hydrogens (primary N) is 1. The highest BCUT2D eigenvalue weighted by molar-refractivity contribution is 5.92. The van der Waals surface area contributed by atoms with Crippen molar-refractivity contribution in [1.29, 1.82) is 0 Å². The Bertz CT molecular complexity index is 467.